The number of H-pyrrole nitrogens is 1. The van der Waals surface area contributed by atoms with Crippen LogP contribution in [0.2, 0.25) is 0 Å². The standard InChI is InChI=1S/C15H17FN2O2S/c1-9(2)7-12-13(19)17-15(18-14(12)20)21-8-10-3-5-11(16)6-4-10/h3-6,9H,7-8H2,1-2H3,(H2,17,18,19,20). The summed E-state index contributed by atoms with van der Waals surface area (Å²) in [6.07, 6.45) is 0.483. The molecule has 0 radical (unpaired) electrons. The van der Waals surface area contributed by atoms with E-state index in [1.165, 1.54) is 23.9 Å². The summed E-state index contributed by atoms with van der Waals surface area (Å²) in [5.74, 6) is 0.295. The lowest BCUT2D eigenvalue weighted by atomic mass is 10.1. The van der Waals surface area contributed by atoms with Crippen molar-refractivity contribution in [1.29, 1.82) is 0 Å². The molecule has 0 aliphatic carbocycles. The molecular formula is C15H17FN2O2S. The second kappa shape index (κ2) is 6.76. The van der Waals surface area contributed by atoms with Crippen LogP contribution in [0.15, 0.2) is 34.2 Å². The van der Waals surface area contributed by atoms with Crippen molar-refractivity contribution in [1.82, 2.24) is 9.97 Å². The van der Waals surface area contributed by atoms with E-state index in [1.54, 1.807) is 12.1 Å². The van der Waals surface area contributed by atoms with Crippen LogP contribution in [0.4, 0.5) is 4.39 Å². The van der Waals surface area contributed by atoms with Crippen molar-refractivity contribution in [3.8, 4) is 5.88 Å². The summed E-state index contributed by atoms with van der Waals surface area (Å²) < 4.78 is 12.8. The van der Waals surface area contributed by atoms with Crippen molar-refractivity contribution in [2.75, 3.05) is 0 Å². The molecule has 0 saturated carbocycles. The van der Waals surface area contributed by atoms with Gasteiger partial charge in [0.2, 0.25) is 5.88 Å². The fourth-order valence-electron chi connectivity index (χ4n) is 1.86. The average molecular weight is 308 g/mol. The molecule has 2 N–H and O–H groups in total. The lowest BCUT2D eigenvalue weighted by Gasteiger charge is -2.07. The molecule has 0 aliphatic rings. The highest BCUT2D eigenvalue weighted by Gasteiger charge is 2.12. The van der Waals surface area contributed by atoms with Crippen LogP contribution in [0.25, 0.3) is 0 Å². The fraction of sp³-hybridized carbons (Fsp3) is 0.333. The Morgan fingerprint density at radius 2 is 2.00 bits per heavy atom. The van der Waals surface area contributed by atoms with Crippen molar-refractivity contribution >= 4 is 11.8 Å². The monoisotopic (exact) mass is 308 g/mol. The number of aromatic nitrogens is 2. The lowest BCUT2D eigenvalue weighted by molar-refractivity contribution is 0.430. The number of halogens is 1. The van der Waals surface area contributed by atoms with Gasteiger partial charge in [0.05, 0.1) is 5.56 Å². The summed E-state index contributed by atoms with van der Waals surface area (Å²) in [5, 5.41) is 10.2. The quantitative estimate of drug-likeness (QED) is 0.658. The Kier molecular flexibility index (Phi) is 5.01. The molecule has 2 aromatic rings. The Bertz CT molecular complexity index is 668. The van der Waals surface area contributed by atoms with Crippen LogP contribution in [-0.2, 0) is 12.2 Å². The second-order valence-electron chi connectivity index (χ2n) is 5.19. The Labute approximate surface area is 126 Å². The molecule has 1 aromatic carbocycles. The van der Waals surface area contributed by atoms with Crippen LogP contribution in [0.3, 0.4) is 0 Å². The summed E-state index contributed by atoms with van der Waals surface area (Å²) in [6.45, 7) is 3.94. The highest BCUT2D eigenvalue weighted by molar-refractivity contribution is 7.98. The Morgan fingerprint density at radius 1 is 1.33 bits per heavy atom. The second-order valence-corrected chi connectivity index (χ2v) is 6.15. The molecule has 2 rings (SSSR count). The number of rotatable bonds is 5. The van der Waals surface area contributed by atoms with Gasteiger partial charge >= 0.3 is 0 Å². The number of aromatic hydroxyl groups is 1. The normalized spacial score (nSPS) is 11.0. The van der Waals surface area contributed by atoms with Crippen LogP contribution < -0.4 is 5.56 Å². The van der Waals surface area contributed by atoms with Crippen molar-refractivity contribution in [2.45, 2.75) is 31.2 Å². The molecule has 21 heavy (non-hydrogen) atoms. The van der Waals surface area contributed by atoms with Crippen molar-refractivity contribution in [3.05, 3.63) is 51.6 Å². The molecule has 0 spiro atoms. The van der Waals surface area contributed by atoms with Gasteiger partial charge in [-0.05, 0) is 30.0 Å². The van der Waals surface area contributed by atoms with Crippen LogP contribution in [-0.4, -0.2) is 15.1 Å². The number of nitrogens with one attached hydrogen (secondary N) is 1. The molecule has 4 nitrogen and oxygen atoms in total. The minimum atomic E-state index is -0.308. The molecule has 1 aromatic heterocycles. The summed E-state index contributed by atoms with van der Waals surface area (Å²) >= 11 is 1.29. The molecule has 0 atom stereocenters. The minimum Gasteiger partial charge on any atom is -0.493 e. The maximum absolute atomic E-state index is 12.8. The van der Waals surface area contributed by atoms with Crippen molar-refractivity contribution in [3.63, 3.8) is 0 Å². The minimum absolute atomic E-state index is 0.214. The van der Waals surface area contributed by atoms with Gasteiger partial charge < -0.3 is 10.1 Å². The molecule has 6 heteroatoms. The smallest absolute Gasteiger partial charge is 0.258 e. The molecule has 0 amide bonds. The SMILES string of the molecule is CC(C)Cc1c(O)nc(SCc2ccc(F)cc2)[nH]c1=O. The first-order valence-electron chi connectivity index (χ1n) is 6.65. The van der Waals surface area contributed by atoms with E-state index in [4.69, 9.17) is 0 Å². The number of hydrogen-bond donors (Lipinski definition) is 2. The summed E-state index contributed by atoms with van der Waals surface area (Å²) in [7, 11) is 0. The first-order chi connectivity index (χ1) is 9.95. The molecular weight excluding hydrogens is 291 g/mol. The third kappa shape index (κ3) is 4.32. The van der Waals surface area contributed by atoms with Gasteiger partial charge in [-0.3, -0.25) is 4.79 Å². The van der Waals surface area contributed by atoms with E-state index in [9.17, 15) is 14.3 Å². The fourth-order valence-corrected chi connectivity index (χ4v) is 2.67. The van der Waals surface area contributed by atoms with Gasteiger partial charge in [-0.15, -0.1) is 0 Å². The van der Waals surface area contributed by atoms with E-state index in [1.807, 2.05) is 13.8 Å². The molecule has 1 heterocycles. The Balaban J connectivity index is 2.11. The first kappa shape index (κ1) is 15.6. The topological polar surface area (TPSA) is 66.0 Å². The summed E-state index contributed by atoms with van der Waals surface area (Å²) in [6, 6.07) is 6.12. The van der Waals surface area contributed by atoms with Gasteiger partial charge in [-0.2, -0.15) is 4.98 Å². The predicted octanol–water partition coefficient (Wildman–Crippen LogP) is 3.11. The van der Waals surface area contributed by atoms with Crippen LogP contribution in [0, 0.1) is 11.7 Å². The van der Waals surface area contributed by atoms with Crippen molar-refractivity contribution in [2.24, 2.45) is 5.92 Å². The van der Waals surface area contributed by atoms with Gasteiger partial charge in [0.25, 0.3) is 5.56 Å². The van der Waals surface area contributed by atoms with Gasteiger partial charge in [-0.1, -0.05) is 37.7 Å². The first-order valence-corrected chi connectivity index (χ1v) is 7.63. The number of benzene rings is 1. The van der Waals surface area contributed by atoms with E-state index < -0.39 is 0 Å². The predicted molar refractivity (Wildman–Crippen MR) is 81.0 cm³/mol. The molecule has 112 valence electrons. The van der Waals surface area contributed by atoms with Gasteiger partial charge in [0.1, 0.15) is 5.82 Å². The Hall–Kier alpha value is -1.82. The van der Waals surface area contributed by atoms with E-state index in [0.717, 1.165) is 5.56 Å². The average Bonchev–Trinajstić information content (AvgIpc) is 2.42. The van der Waals surface area contributed by atoms with E-state index in [0.29, 0.717) is 22.9 Å². The van der Waals surface area contributed by atoms with Gasteiger partial charge in [0, 0.05) is 5.75 Å². The summed E-state index contributed by atoms with van der Waals surface area (Å²) in [4.78, 5) is 18.6. The zero-order valence-corrected chi connectivity index (χ0v) is 12.7. The highest BCUT2D eigenvalue weighted by atomic mass is 32.2. The molecule has 0 fully saturated rings. The van der Waals surface area contributed by atoms with E-state index in [2.05, 4.69) is 9.97 Å². The molecule has 0 saturated heterocycles. The van der Waals surface area contributed by atoms with Crippen LogP contribution >= 0.6 is 11.8 Å². The zero-order valence-electron chi connectivity index (χ0n) is 11.9. The molecule has 0 bridgehead atoms. The van der Waals surface area contributed by atoms with Crippen LogP contribution in [0.1, 0.15) is 25.0 Å². The number of hydrogen-bond acceptors (Lipinski definition) is 4. The maximum atomic E-state index is 12.8. The van der Waals surface area contributed by atoms with Crippen LogP contribution in [0.5, 0.6) is 5.88 Å². The molecule has 0 unspecified atom stereocenters. The molecule has 0 aliphatic heterocycles. The number of aromatic amines is 1. The third-order valence-corrected chi connectivity index (χ3v) is 3.82. The lowest BCUT2D eigenvalue weighted by Crippen LogP contribution is -2.16. The Morgan fingerprint density at radius 3 is 2.57 bits per heavy atom. The highest BCUT2D eigenvalue weighted by Crippen LogP contribution is 2.22. The zero-order chi connectivity index (χ0) is 15.4. The van der Waals surface area contributed by atoms with Crippen molar-refractivity contribution < 1.29 is 9.50 Å². The summed E-state index contributed by atoms with van der Waals surface area (Å²) in [5.41, 5.74) is 0.920. The third-order valence-electron chi connectivity index (χ3n) is 2.87. The van der Waals surface area contributed by atoms with E-state index in [-0.39, 0.29) is 23.2 Å². The number of thioether (sulfide) groups is 1. The van der Waals surface area contributed by atoms with Gasteiger partial charge in [0.15, 0.2) is 5.16 Å². The number of nitrogens with zero attached hydrogens (tertiary/aromatic N) is 1. The van der Waals surface area contributed by atoms with Gasteiger partial charge in [-0.25, -0.2) is 4.39 Å². The largest absolute Gasteiger partial charge is 0.493 e. The maximum Gasteiger partial charge on any atom is 0.258 e. The van der Waals surface area contributed by atoms with E-state index >= 15 is 0 Å².